The highest BCUT2D eigenvalue weighted by Crippen LogP contribution is 2.40. The molecule has 2 heterocycles. The van der Waals surface area contributed by atoms with Crippen molar-refractivity contribution in [3.05, 3.63) is 47.8 Å². The maximum Gasteiger partial charge on any atom is 0.256 e. The Bertz CT molecular complexity index is 1180. The Hall–Kier alpha value is -2.78. The second kappa shape index (κ2) is 6.68. The van der Waals surface area contributed by atoms with Gasteiger partial charge in [-0.15, -0.1) is 0 Å². The van der Waals surface area contributed by atoms with Gasteiger partial charge in [0.05, 0.1) is 22.0 Å². The van der Waals surface area contributed by atoms with E-state index in [0.717, 1.165) is 18.5 Å². The van der Waals surface area contributed by atoms with Crippen LogP contribution in [0.2, 0.25) is 0 Å². The minimum atomic E-state index is -3.85. The summed E-state index contributed by atoms with van der Waals surface area (Å²) in [6.45, 7) is 4.02. The molecule has 0 aliphatic heterocycles. The van der Waals surface area contributed by atoms with Crippen LogP contribution in [-0.4, -0.2) is 29.1 Å². The number of nitrogens with two attached hydrogens (primary N) is 1. The number of benzene rings is 1. The summed E-state index contributed by atoms with van der Waals surface area (Å²) in [5.41, 5.74) is 2.40. The summed E-state index contributed by atoms with van der Waals surface area (Å²) in [6, 6.07) is 7.79. The summed E-state index contributed by atoms with van der Waals surface area (Å²) >= 11 is 0. The third-order valence-electron chi connectivity index (χ3n) is 4.74. The molecule has 0 saturated heterocycles. The van der Waals surface area contributed by atoms with E-state index >= 15 is 0 Å². The minimum Gasteiger partial charge on any atom is -0.322 e. The second-order valence-corrected chi connectivity index (χ2v) is 8.88. The topological polar surface area (TPSA) is 120 Å². The first-order chi connectivity index (χ1) is 13.2. The number of nitrogens with one attached hydrogen (secondary N) is 1. The molecule has 28 heavy (non-hydrogen) atoms. The van der Waals surface area contributed by atoms with Crippen LogP contribution in [0.5, 0.6) is 0 Å². The Kier molecular flexibility index (Phi) is 4.43. The molecule has 0 unspecified atom stereocenters. The van der Waals surface area contributed by atoms with Gasteiger partial charge >= 0.3 is 0 Å². The molecular weight excluding hydrogens is 378 g/mol. The van der Waals surface area contributed by atoms with Crippen molar-refractivity contribution in [1.82, 2.24) is 14.8 Å². The fourth-order valence-corrected chi connectivity index (χ4v) is 3.70. The maximum absolute atomic E-state index is 13.0. The van der Waals surface area contributed by atoms with Gasteiger partial charge in [0.1, 0.15) is 0 Å². The lowest BCUT2D eigenvalue weighted by Gasteiger charge is -2.11. The van der Waals surface area contributed by atoms with E-state index in [1.807, 2.05) is 19.9 Å². The molecule has 3 aromatic rings. The summed E-state index contributed by atoms with van der Waals surface area (Å²) in [5.74, 6) is 0.0290. The van der Waals surface area contributed by atoms with Gasteiger partial charge in [-0.2, -0.15) is 5.10 Å². The lowest BCUT2D eigenvalue weighted by molar-refractivity contribution is 0.102. The molecule has 0 spiro atoms. The average Bonchev–Trinajstić information content (AvgIpc) is 3.39. The molecule has 0 bridgehead atoms. The van der Waals surface area contributed by atoms with Gasteiger partial charge in [-0.1, -0.05) is 6.07 Å². The number of pyridine rings is 1. The van der Waals surface area contributed by atoms with E-state index in [9.17, 15) is 13.2 Å². The van der Waals surface area contributed by atoms with Crippen LogP contribution in [0.3, 0.4) is 0 Å². The molecule has 1 amide bonds. The van der Waals surface area contributed by atoms with Gasteiger partial charge in [-0.3, -0.25) is 4.79 Å². The molecule has 1 fully saturated rings. The largest absolute Gasteiger partial charge is 0.322 e. The molecule has 1 aliphatic rings. The number of nitrogens with zero attached hydrogens (tertiary/aromatic N) is 3. The Balaban J connectivity index is 1.75. The summed E-state index contributed by atoms with van der Waals surface area (Å²) < 4.78 is 24.9. The van der Waals surface area contributed by atoms with E-state index < -0.39 is 10.0 Å². The Morgan fingerprint density at radius 1 is 1.29 bits per heavy atom. The summed E-state index contributed by atoms with van der Waals surface area (Å²) in [5, 5.41) is 13.0. The number of carbonyl (C=O) groups is 1. The highest BCUT2D eigenvalue weighted by atomic mass is 32.2. The quantitative estimate of drug-likeness (QED) is 0.683. The zero-order valence-electron chi connectivity index (χ0n) is 15.6. The molecule has 2 aromatic heterocycles. The highest BCUT2D eigenvalue weighted by Gasteiger charge is 2.28. The van der Waals surface area contributed by atoms with Crippen LogP contribution < -0.4 is 10.5 Å². The van der Waals surface area contributed by atoms with Crippen LogP contribution in [0, 0.1) is 0 Å². The average molecular weight is 399 g/mol. The third-order valence-corrected chi connectivity index (χ3v) is 5.65. The van der Waals surface area contributed by atoms with Crippen molar-refractivity contribution in [2.45, 2.75) is 43.5 Å². The first-order valence-corrected chi connectivity index (χ1v) is 10.6. The number of fused-ring (bicyclic) bond motifs is 1. The van der Waals surface area contributed by atoms with E-state index in [1.165, 1.54) is 18.2 Å². The molecule has 4 rings (SSSR count). The van der Waals surface area contributed by atoms with E-state index in [0.29, 0.717) is 28.2 Å². The molecule has 8 nitrogen and oxygen atoms in total. The fourth-order valence-electron chi connectivity index (χ4n) is 3.14. The van der Waals surface area contributed by atoms with Crippen LogP contribution in [0.15, 0.2) is 41.4 Å². The standard InChI is InChI=1S/C19H21N5O3S/c1-11(2)24-18-16(10-21-24)15(9-17(23-18)12-6-7-12)19(25)22-13-4-3-5-14(8-13)28(20,26)27/h3-5,8-12H,6-7H2,1-2H3,(H,22,25)(H2,20,26,27). The molecule has 1 saturated carbocycles. The van der Waals surface area contributed by atoms with Crippen molar-refractivity contribution in [2.24, 2.45) is 5.14 Å². The lowest BCUT2D eigenvalue weighted by Crippen LogP contribution is -2.15. The molecule has 1 aliphatic carbocycles. The highest BCUT2D eigenvalue weighted by molar-refractivity contribution is 7.89. The zero-order valence-corrected chi connectivity index (χ0v) is 16.4. The van der Waals surface area contributed by atoms with Gasteiger partial charge in [-0.05, 0) is 51.0 Å². The van der Waals surface area contributed by atoms with Crippen LogP contribution in [0.4, 0.5) is 5.69 Å². The Morgan fingerprint density at radius 2 is 2.04 bits per heavy atom. The van der Waals surface area contributed by atoms with Gasteiger partial charge in [0.2, 0.25) is 10.0 Å². The van der Waals surface area contributed by atoms with E-state index in [2.05, 4.69) is 10.4 Å². The number of rotatable bonds is 5. The minimum absolute atomic E-state index is 0.0588. The first kappa shape index (κ1) is 18.6. The number of aromatic nitrogens is 3. The Morgan fingerprint density at radius 3 is 2.68 bits per heavy atom. The smallest absolute Gasteiger partial charge is 0.256 e. The van der Waals surface area contributed by atoms with E-state index in [-0.39, 0.29) is 16.8 Å². The predicted octanol–water partition coefficient (Wildman–Crippen LogP) is 2.79. The molecule has 9 heteroatoms. The SMILES string of the molecule is CC(C)n1ncc2c(C(=O)Nc3cccc(S(N)(=O)=O)c3)cc(C3CC3)nc21. The van der Waals surface area contributed by atoms with Crippen molar-refractivity contribution < 1.29 is 13.2 Å². The predicted molar refractivity (Wildman–Crippen MR) is 106 cm³/mol. The summed E-state index contributed by atoms with van der Waals surface area (Å²) in [6.07, 6.45) is 3.77. The van der Waals surface area contributed by atoms with Gasteiger partial charge in [0, 0.05) is 23.3 Å². The van der Waals surface area contributed by atoms with Crippen LogP contribution >= 0.6 is 0 Å². The number of hydrogen-bond acceptors (Lipinski definition) is 5. The van der Waals surface area contributed by atoms with E-state index in [1.54, 1.807) is 16.9 Å². The zero-order chi connectivity index (χ0) is 20.1. The molecular formula is C19H21N5O3S. The third kappa shape index (κ3) is 3.50. The molecule has 146 valence electrons. The van der Waals surface area contributed by atoms with Crippen LogP contribution in [0.25, 0.3) is 11.0 Å². The summed E-state index contributed by atoms with van der Waals surface area (Å²) in [7, 11) is -3.85. The maximum atomic E-state index is 13.0. The first-order valence-electron chi connectivity index (χ1n) is 9.06. The number of anilines is 1. The molecule has 3 N–H and O–H groups in total. The van der Waals surface area contributed by atoms with Crippen LogP contribution in [-0.2, 0) is 10.0 Å². The van der Waals surface area contributed by atoms with Crippen molar-refractivity contribution in [2.75, 3.05) is 5.32 Å². The fraction of sp³-hybridized carbons (Fsp3) is 0.316. The number of carbonyl (C=O) groups excluding carboxylic acids is 1. The molecule has 1 aromatic carbocycles. The number of amides is 1. The van der Waals surface area contributed by atoms with Crippen molar-refractivity contribution in [3.8, 4) is 0 Å². The van der Waals surface area contributed by atoms with Gasteiger partial charge in [-0.25, -0.2) is 23.2 Å². The number of primary sulfonamides is 1. The van der Waals surface area contributed by atoms with Crippen molar-refractivity contribution in [3.63, 3.8) is 0 Å². The normalized spacial score (nSPS) is 14.6. The second-order valence-electron chi connectivity index (χ2n) is 7.32. The molecule has 0 atom stereocenters. The lowest BCUT2D eigenvalue weighted by atomic mass is 10.1. The van der Waals surface area contributed by atoms with Crippen LogP contribution in [0.1, 0.15) is 54.7 Å². The van der Waals surface area contributed by atoms with Gasteiger partial charge < -0.3 is 5.32 Å². The molecule has 0 radical (unpaired) electrons. The number of sulfonamides is 1. The number of hydrogen-bond donors (Lipinski definition) is 2. The van der Waals surface area contributed by atoms with Crippen molar-refractivity contribution >= 4 is 32.7 Å². The van der Waals surface area contributed by atoms with Gasteiger partial charge in [0.25, 0.3) is 5.91 Å². The summed E-state index contributed by atoms with van der Waals surface area (Å²) in [4.78, 5) is 17.7. The monoisotopic (exact) mass is 399 g/mol. The van der Waals surface area contributed by atoms with E-state index in [4.69, 9.17) is 10.1 Å². The van der Waals surface area contributed by atoms with Crippen molar-refractivity contribution in [1.29, 1.82) is 0 Å². The Labute approximate surface area is 162 Å². The van der Waals surface area contributed by atoms with Gasteiger partial charge in [0.15, 0.2) is 5.65 Å².